The third-order valence-corrected chi connectivity index (χ3v) is 9.61. The topological polar surface area (TPSA) is 190 Å². The highest BCUT2D eigenvalue weighted by Crippen LogP contribution is 2.27. The number of carbonyl (C=O) groups excluding carboxylic acids is 2. The van der Waals surface area contributed by atoms with Crippen LogP contribution in [0.3, 0.4) is 0 Å². The molecule has 0 bridgehead atoms. The number of halogens is 2. The molecular formula is C37H41BBr2N8O8. The first-order valence-corrected chi connectivity index (χ1v) is 18.7. The number of methoxy groups -OCH3 is 2. The number of nitrogens with zero attached hydrogens (tertiary/aromatic N) is 7. The van der Waals surface area contributed by atoms with Gasteiger partial charge in [-0.05, 0) is 47.9 Å². The van der Waals surface area contributed by atoms with Crippen molar-refractivity contribution in [1.82, 2.24) is 29.9 Å². The van der Waals surface area contributed by atoms with Gasteiger partial charge in [0, 0.05) is 35.1 Å². The second-order valence-corrected chi connectivity index (χ2v) is 13.9. The number of esters is 2. The normalized spacial score (nSPS) is 13.8. The summed E-state index contributed by atoms with van der Waals surface area (Å²) in [5.41, 5.74) is 4.92. The standard InChI is InChI=1S/C18H17BrN4O3.C12H14N4O3.C6H6BBrO2.CH4/c1-25-18(24)16-15-10-14(22-5-7-26-8-6-22)11-20-17(15)23(21-16)13-4-2-3-12(19)9-13;1-18-12(17)10-9-6-8(7-13-11(9)15-14-10)16-2-4-19-5-3-16;8-6-3-1-2-5(4-6)7(9)10;/h2-4,9-11H,5-8H2,1H3;6-7H,2-5H2,1H3,(H,13,14,15);1-4,9-10H;1H4. The van der Waals surface area contributed by atoms with Crippen LogP contribution in [-0.2, 0) is 18.9 Å². The molecule has 4 aromatic heterocycles. The Hall–Kier alpha value is -4.92. The predicted molar refractivity (Wildman–Crippen MR) is 220 cm³/mol. The quantitative estimate of drug-likeness (QED) is 0.160. The molecule has 3 N–H and O–H groups in total. The van der Waals surface area contributed by atoms with Gasteiger partial charge in [-0.1, -0.05) is 57.5 Å². The number of carbonyl (C=O) groups is 2. The van der Waals surface area contributed by atoms with Gasteiger partial charge in [-0.25, -0.2) is 24.2 Å². The molecule has 0 aliphatic carbocycles. The molecule has 56 heavy (non-hydrogen) atoms. The van der Waals surface area contributed by atoms with Crippen LogP contribution in [0, 0.1) is 0 Å². The first kappa shape index (κ1) is 42.2. The van der Waals surface area contributed by atoms with Gasteiger partial charge in [-0.2, -0.15) is 10.2 Å². The highest BCUT2D eigenvalue weighted by Gasteiger charge is 2.22. The van der Waals surface area contributed by atoms with Gasteiger partial charge in [-0.15, -0.1) is 0 Å². The molecule has 0 radical (unpaired) electrons. The fraction of sp³-hybridized carbons (Fsp3) is 0.297. The number of nitrogens with one attached hydrogen (secondary N) is 1. The van der Waals surface area contributed by atoms with Crippen molar-refractivity contribution in [1.29, 1.82) is 0 Å². The van der Waals surface area contributed by atoms with Crippen LogP contribution in [0.5, 0.6) is 0 Å². The lowest BCUT2D eigenvalue weighted by Gasteiger charge is -2.28. The van der Waals surface area contributed by atoms with Crippen LogP contribution >= 0.6 is 31.9 Å². The molecule has 2 saturated heterocycles. The summed E-state index contributed by atoms with van der Waals surface area (Å²) in [7, 11) is 1.32. The van der Waals surface area contributed by atoms with Gasteiger partial charge in [0.15, 0.2) is 22.7 Å². The lowest BCUT2D eigenvalue weighted by atomic mass is 9.81. The van der Waals surface area contributed by atoms with Crippen LogP contribution in [0.2, 0.25) is 0 Å². The third kappa shape index (κ3) is 10.1. The van der Waals surface area contributed by atoms with E-state index in [2.05, 4.69) is 66.9 Å². The number of pyridine rings is 2. The Labute approximate surface area is 340 Å². The van der Waals surface area contributed by atoms with E-state index in [1.165, 1.54) is 14.2 Å². The Morgan fingerprint density at radius 3 is 1.89 bits per heavy atom. The van der Waals surface area contributed by atoms with Crippen molar-refractivity contribution < 1.29 is 38.6 Å². The van der Waals surface area contributed by atoms with Gasteiger partial charge >= 0.3 is 19.1 Å². The Balaban J connectivity index is 0.000000175. The molecule has 8 rings (SSSR count). The average Bonchev–Trinajstić information content (AvgIpc) is 3.83. The zero-order valence-electron chi connectivity index (χ0n) is 29.9. The molecular weight excluding hydrogens is 855 g/mol. The number of fused-ring (bicyclic) bond motifs is 2. The molecule has 0 saturated carbocycles. The molecule has 2 aliphatic heterocycles. The number of hydrogen-bond acceptors (Lipinski definition) is 14. The van der Waals surface area contributed by atoms with Gasteiger partial charge < -0.3 is 38.8 Å². The van der Waals surface area contributed by atoms with E-state index in [4.69, 9.17) is 29.0 Å². The van der Waals surface area contributed by atoms with Crippen molar-refractivity contribution in [3.63, 3.8) is 0 Å². The van der Waals surface area contributed by atoms with Gasteiger partial charge in [0.25, 0.3) is 0 Å². The predicted octanol–water partition coefficient (Wildman–Crippen LogP) is 4.15. The van der Waals surface area contributed by atoms with E-state index in [-0.39, 0.29) is 13.1 Å². The molecule has 0 unspecified atom stereocenters. The summed E-state index contributed by atoms with van der Waals surface area (Å²) in [4.78, 5) is 37.1. The van der Waals surface area contributed by atoms with Crippen LogP contribution in [0.15, 0.2) is 82.0 Å². The minimum Gasteiger partial charge on any atom is -0.464 e. The van der Waals surface area contributed by atoms with E-state index >= 15 is 0 Å². The van der Waals surface area contributed by atoms with Gasteiger partial charge in [0.1, 0.15) is 0 Å². The maximum Gasteiger partial charge on any atom is 0.488 e. The lowest BCUT2D eigenvalue weighted by Crippen LogP contribution is -2.36. The average molecular weight is 896 g/mol. The van der Waals surface area contributed by atoms with Crippen LogP contribution < -0.4 is 15.3 Å². The molecule has 294 valence electrons. The van der Waals surface area contributed by atoms with E-state index in [1.54, 1.807) is 29.1 Å². The van der Waals surface area contributed by atoms with E-state index in [0.717, 1.165) is 52.2 Å². The number of aromatic nitrogens is 6. The number of ether oxygens (including phenoxy) is 4. The molecule has 0 spiro atoms. The number of benzene rings is 2. The monoisotopic (exact) mass is 894 g/mol. The van der Waals surface area contributed by atoms with Crippen molar-refractivity contribution in [2.45, 2.75) is 7.43 Å². The highest BCUT2D eigenvalue weighted by atomic mass is 79.9. The molecule has 0 atom stereocenters. The lowest BCUT2D eigenvalue weighted by molar-refractivity contribution is 0.0587. The van der Waals surface area contributed by atoms with E-state index in [1.807, 2.05) is 48.7 Å². The summed E-state index contributed by atoms with van der Waals surface area (Å²) in [6.45, 7) is 5.98. The zero-order chi connectivity index (χ0) is 38.9. The number of anilines is 2. The Kier molecular flexibility index (Phi) is 14.9. The second kappa shape index (κ2) is 19.8. The van der Waals surface area contributed by atoms with E-state index in [0.29, 0.717) is 59.7 Å². The molecule has 0 amide bonds. The summed E-state index contributed by atoms with van der Waals surface area (Å²) in [5, 5.41) is 29.8. The van der Waals surface area contributed by atoms with Crippen molar-refractivity contribution in [2.75, 3.05) is 76.6 Å². The Morgan fingerprint density at radius 1 is 0.768 bits per heavy atom. The number of H-pyrrole nitrogens is 1. The van der Waals surface area contributed by atoms with E-state index in [9.17, 15) is 9.59 Å². The Bertz CT molecular complexity index is 2260. The number of rotatable bonds is 6. The maximum atomic E-state index is 12.3. The minimum atomic E-state index is -1.38. The number of hydrogen-bond donors (Lipinski definition) is 3. The third-order valence-electron chi connectivity index (χ3n) is 8.62. The molecule has 2 aromatic carbocycles. The summed E-state index contributed by atoms with van der Waals surface area (Å²) >= 11 is 6.67. The second-order valence-electron chi connectivity index (χ2n) is 12.1. The SMILES string of the molecule is C.COC(=O)c1[nH]nc2ncc(N3CCOCC3)cc12.COC(=O)c1nn(-c2cccc(Br)c2)c2ncc(N3CCOCC3)cc12.OB(O)c1cccc(Br)c1. The van der Waals surface area contributed by atoms with Gasteiger partial charge in [-0.3, -0.25) is 5.10 Å². The fourth-order valence-corrected chi connectivity index (χ4v) is 6.63. The van der Waals surface area contributed by atoms with E-state index < -0.39 is 19.1 Å². The molecule has 19 heteroatoms. The fourth-order valence-electron chi connectivity index (χ4n) is 5.83. The van der Waals surface area contributed by atoms with Crippen molar-refractivity contribution >= 4 is 89.8 Å². The largest absolute Gasteiger partial charge is 0.488 e. The molecule has 16 nitrogen and oxygen atoms in total. The van der Waals surface area contributed by atoms with Crippen LogP contribution in [0.25, 0.3) is 27.8 Å². The Morgan fingerprint density at radius 2 is 1.34 bits per heavy atom. The van der Waals surface area contributed by atoms with Crippen molar-refractivity contribution in [3.05, 3.63) is 93.4 Å². The molecule has 6 aromatic rings. The number of aromatic amines is 1. The minimum absolute atomic E-state index is 0. The van der Waals surface area contributed by atoms with Crippen molar-refractivity contribution in [3.8, 4) is 5.69 Å². The molecule has 2 aliphatic rings. The molecule has 6 heterocycles. The zero-order valence-corrected chi connectivity index (χ0v) is 33.1. The summed E-state index contributed by atoms with van der Waals surface area (Å²) in [6, 6.07) is 18.4. The van der Waals surface area contributed by atoms with Crippen molar-refractivity contribution in [2.24, 2.45) is 0 Å². The highest BCUT2D eigenvalue weighted by molar-refractivity contribution is 9.10. The summed E-state index contributed by atoms with van der Waals surface area (Å²) in [5.74, 6) is -0.923. The van der Waals surface area contributed by atoms with Gasteiger partial charge in [0.05, 0.1) is 80.9 Å². The summed E-state index contributed by atoms with van der Waals surface area (Å²) < 4.78 is 23.8. The maximum absolute atomic E-state index is 12.3. The first-order valence-electron chi connectivity index (χ1n) is 17.1. The smallest absolute Gasteiger partial charge is 0.464 e. The molecule has 2 fully saturated rings. The van der Waals surface area contributed by atoms with Crippen LogP contribution in [0.1, 0.15) is 28.4 Å². The van der Waals surface area contributed by atoms with Crippen LogP contribution in [0.4, 0.5) is 11.4 Å². The van der Waals surface area contributed by atoms with Crippen LogP contribution in [-0.4, -0.2) is 126 Å². The summed E-state index contributed by atoms with van der Waals surface area (Å²) in [6.07, 6.45) is 3.57. The number of morpholine rings is 2. The first-order chi connectivity index (χ1) is 26.7. The van der Waals surface area contributed by atoms with Gasteiger partial charge in [0.2, 0.25) is 0 Å².